The molecule has 2 aliphatic rings. The molecule has 1 heterocycles. The van der Waals surface area contributed by atoms with Gasteiger partial charge in [-0.2, -0.15) is 0 Å². The first-order chi connectivity index (χ1) is 7.22. The molecule has 1 saturated heterocycles. The number of hydrazine groups is 1. The van der Waals surface area contributed by atoms with Crippen molar-refractivity contribution in [1.29, 1.82) is 0 Å². The first-order valence-electron chi connectivity index (χ1n) is 6.45. The topological polar surface area (TPSA) is 41.3 Å². The summed E-state index contributed by atoms with van der Waals surface area (Å²) in [5.41, 5.74) is 9.71. The first-order valence-corrected chi connectivity index (χ1v) is 6.45. The van der Waals surface area contributed by atoms with Crippen molar-refractivity contribution in [2.45, 2.75) is 51.0 Å². The van der Waals surface area contributed by atoms with E-state index in [1.165, 1.54) is 51.6 Å². The van der Waals surface area contributed by atoms with Gasteiger partial charge in [-0.05, 0) is 32.1 Å². The highest BCUT2D eigenvalue weighted by molar-refractivity contribution is 4.90. The summed E-state index contributed by atoms with van der Waals surface area (Å²) in [4.78, 5) is 0. The largest absolute Gasteiger partial charge is 0.329 e. The Hall–Kier alpha value is -0.120. The van der Waals surface area contributed by atoms with Crippen molar-refractivity contribution < 1.29 is 0 Å². The minimum Gasteiger partial charge on any atom is -0.329 e. The summed E-state index contributed by atoms with van der Waals surface area (Å²) in [7, 11) is 0. The van der Waals surface area contributed by atoms with Crippen LogP contribution in [-0.2, 0) is 0 Å². The van der Waals surface area contributed by atoms with Gasteiger partial charge in [0, 0.05) is 25.2 Å². The second kappa shape index (κ2) is 4.81. The SMILES string of the molecule is CC(CN)(CC1CC1)NN1CCCCC1. The van der Waals surface area contributed by atoms with E-state index in [1.54, 1.807) is 0 Å². The molecule has 0 bridgehead atoms. The normalized spacial score (nSPS) is 27.6. The summed E-state index contributed by atoms with van der Waals surface area (Å²) in [6, 6.07) is 0. The van der Waals surface area contributed by atoms with Crippen molar-refractivity contribution >= 4 is 0 Å². The highest BCUT2D eigenvalue weighted by Gasteiger charge is 2.33. The number of piperidine rings is 1. The van der Waals surface area contributed by atoms with E-state index in [1.807, 2.05) is 0 Å². The predicted octanol–water partition coefficient (Wildman–Crippen LogP) is 1.49. The molecule has 3 heteroatoms. The first kappa shape index (κ1) is 11.4. The van der Waals surface area contributed by atoms with Crippen LogP contribution >= 0.6 is 0 Å². The van der Waals surface area contributed by atoms with Crippen LogP contribution in [0.1, 0.15) is 45.4 Å². The van der Waals surface area contributed by atoms with Gasteiger partial charge in [0.1, 0.15) is 0 Å². The third-order valence-electron chi connectivity index (χ3n) is 3.67. The van der Waals surface area contributed by atoms with Gasteiger partial charge in [0.05, 0.1) is 0 Å². The van der Waals surface area contributed by atoms with E-state index in [-0.39, 0.29) is 5.54 Å². The molecule has 2 rings (SSSR count). The molecule has 0 radical (unpaired) electrons. The zero-order chi connectivity index (χ0) is 10.7. The Morgan fingerprint density at radius 1 is 1.27 bits per heavy atom. The number of hydrogen-bond donors (Lipinski definition) is 2. The Balaban J connectivity index is 1.81. The Morgan fingerprint density at radius 3 is 2.47 bits per heavy atom. The Bertz CT molecular complexity index is 197. The molecule has 0 aromatic rings. The maximum Gasteiger partial charge on any atom is 0.0422 e. The van der Waals surface area contributed by atoms with Gasteiger partial charge in [0.25, 0.3) is 0 Å². The van der Waals surface area contributed by atoms with Crippen LogP contribution in [0.5, 0.6) is 0 Å². The minimum atomic E-state index is 0.137. The fraction of sp³-hybridized carbons (Fsp3) is 1.00. The van der Waals surface area contributed by atoms with Crippen LogP contribution in [0.15, 0.2) is 0 Å². The average molecular weight is 211 g/mol. The van der Waals surface area contributed by atoms with E-state index < -0.39 is 0 Å². The van der Waals surface area contributed by atoms with Gasteiger partial charge < -0.3 is 5.73 Å². The maximum absolute atomic E-state index is 5.91. The molecule has 0 spiro atoms. The lowest BCUT2D eigenvalue weighted by Crippen LogP contribution is -2.57. The van der Waals surface area contributed by atoms with Gasteiger partial charge in [-0.3, -0.25) is 0 Å². The van der Waals surface area contributed by atoms with Crippen molar-refractivity contribution in [3.63, 3.8) is 0 Å². The molecule has 1 unspecified atom stereocenters. The van der Waals surface area contributed by atoms with Crippen LogP contribution in [0.25, 0.3) is 0 Å². The molecule has 88 valence electrons. The molecule has 1 atom stereocenters. The van der Waals surface area contributed by atoms with Crippen LogP contribution in [0, 0.1) is 5.92 Å². The Labute approximate surface area is 93.4 Å². The summed E-state index contributed by atoms with van der Waals surface area (Å²) < 4.78 is 0. The lowest BCUT2D eigenvalue weighted by Gasteiger charge is -2.38. The lowest BCUT2D eigenvalue weighted by molar-refractivity contribution is 0.0839. The van der Waals surface area contributed by atoms with Crippen LogP contribution in [0.3, 0.4) is 0 Å². The zero-order valence-electron chi connectivity index (χ0n) is 9.97. The smallest absolute Gasteiger partial charge is 0.0422 e. The summed E-state index contributed by atoms with van der Waals surface area (Å²) in [6.45, 7) is 5.42. The van der Waals surface area contributed by atoms with Crippen molar-refractivity contribution in [1.82, 2.24) is 10.4 Å². The maximum atomic E-state index is 5.91. The highest BCUT2D eigenvalue weighted by Crippen LogP contribution is 2.36. The number of nitrogens with two attached hydrogens (primary N) is 1. The summed E-state index contributed by atoms with van der Waals surface area (Å²) in [5, 5.41) is 2.39. The van der Waals surface area contributed by atoms with Crippen molar-refractivity contribution in [3.05, 3.63) is 0 Å². The van der Waals surface area contributed by atoms with Gasteiger partial charge in [-0.15, -0.1) is 0 Å². The summed E-state index contributed by atoms with van der Waals surface area (Å²) >= 11 is 0. The van der Waals surface area contributed by atoms with Crippen LogP contribution in [-0.4, -0.2) is 30.2 Å². The lowest BCUT2D eigenvalue weighted by atomic mass is 9.95. The third kappa shape index (κ3) is 3.44. The number of nitrogens with one attached hydrogen (secondary N) is 1. The molecule has 3 N–H and O–H groups in total. The van der Waals surface area contributed by atoms with Gasteiger partial charge in [-0.1, -0.05) is 19.3 Å². The number of nitrogens with zero attached hydrogens (tertiary/aromatic N) is 1. The van der Waals surface area contributed by atoms with E-state index in [0.717, 1.165) is 12.5 Å². The van der Waals surface area contributed by atoms with E-state index in [9.17, 15) is 0 Å². The predicted molar refractivity (Wildman–Crippen MR) is 63.4 cm³/mol. The number of rotatable bonds is 5. The van der Waals surface area contributed by atoms with Crippen LogP contribution in [0.4, 0.5) is 0 Å². The molecule has 1 saturated carbocycles. The molecule has 2 fully saturated rings. The minimum absolute atomic E-state index is 0.137. The van der Waals surface area contributed by atoms with Crippen LogP contribution < -0.4 is 11.2 Å². The molecule has 0 amide bonds. The molecule has 0 aromatic carbocycles. The second-order valence-corrected chi connectivity index (χ2v) is 5.57. The van der Waals surface area contributed by atoms with Crippen LogP contribution in [0.2, 0.25) is 0 Å². The molecule has 0 aromatic heterocycles. The molecular formula is C12H25N3. The Morgan fingerprint density at radius 2 is 1.93 bits per heavy atom. The molecule has 3 nitrogen and oxygen atoms in total. The van der Waals surface area contributed by atoms with Gasteiger partial charge in [0.15, 0.2) is 0 Å². The summed E-state index contributed by atoms with van der Waals surface area (Å²) in [6.07, 6.45) is 8.13. The zero-order valence-corrected chi connectivity index (χ0v) is 9.97. The van der Waals surface area contributed by atoms with Gasteiger partial charge in [-0.25, -0.2) is 10.4 Å². The third-order valence-corrected chi connectivity index (χ3v) is 3.67. The molecule has 1 aliphatic carbocycles. The van der Waals surface area contributed by atoms with E-state index in [0.29, 0.717) is 0 Å². The fourth-order valence-electron chi connectivity index (χ4n) is 2.52. The average Bonchev–Trinajstić information content (AvgIpc) is 3.03. The standard InChI is InChI=1S/C12H25N3/c1-12(10-13,9-11-5-6-11)14-15-7-3-2-4-8-15/h11,14H,2-10,13H2,1H3. The van der Waals surface area contributed by atoms with Gasteiger partial charge in [0.2, 0.25) is 0 Å². The van der Waals surface area contributed by atoms with Gasteiger partial charge >= 0.3 is 0 Å². The highest BCUT2D eigenvalue weighted by atomic mass is 15.5. The van der Waals surface area contributed by atoms with Crippen molar-refractivity contribution in [2.24, 2.45) is 11.7 Å². The summed E-state index contributed by atoms with van der Waals surface area (Å²) in [5.74, 6) is 0.941. The Kier molecular flexibility index (Phi) is 3.65. The van der Waals surface area contributed by atoms with E-state index in [4.69, 9.17) is 5.73 Å². The monoisotopic (exact) mass is 211 g/mol. The quantitative estimate of drug-likeness (QED) is 0.724. The van der Waals surface area contributed by atoms with E-state index >= 15 is 0 Å². The van der Waals surface area contributed by atoms with E-state index in [2.05, 4.69) is 17.4 Å². The van der Waals surface area contributed by atoms with Crippen molar-refractivity contribution in [2.75, 3.05) is 19.6 Å². The molecule has 1 aliphatic heterocycles. The molecule has 15 heavy (non-hydrogen) atoms. The second-order valence-electron chi connectivity index (χ2n) is 5.57. The van der Waals surface area contributed by atoms with Crippen molar-refractivity contribution in [3.8, 4) is 0 Å². The number of hydrogen-bond acceptors (Lipinski definition) is 3. The molecular weight excluding hydrogens is 186 g/mol. The fourth-order valence-corrected chi connectivity index (χ4v) is 2.52.